The van der Waals surface area contributed by atoms with Crippen LogP contribution in [-0.2, 0) is 17.9 Å². The molecule has 1 fully saturated rings. The topological polar surface area (TPSA) is 71.2 Å². The quantitative estimate of drug-likeness (QED) is 0.618. The van der Waals surface area contributed by atoms with Crippen molar-refractivity contribution in [3.8, 4) is 11.4 Å². The highest BCUT2D eigenvalue weighted by molar-refractivity contribution is 5.70. The van der Waals surface area contributed by atoms with Gasteiger partial charge in [-0.15, -0.1) is 0 Å². The summed E-state index contributed by atoms with van der Waals surface area (Å²) in [5, 5.41) is 14.6. The van der Waals surface area contributed by atoms with E-state index in [4.69, 9.17) is 5.10 Å². The Bertz CT molecular complexity index is 1040. The van der Waals surface area contributed by atoms with E-state index in [1.807, 2.05) is 41.1 Å². The van der Waals surface area contributed by atoms with Crippen molar-refractivity contribution in [2.45, 2.75) is 40.3 Å². The average molecular weight is 433 g/mol. The largest absolute Gasteiger partial charge is 0.481 e. The van der Waals surface area contributed by atoms with Crippen LogP contribution in [0.1, 0.15) is 38.4 Å². The Morgan fingerprint density at radius 3 is 2.47 bits per heavy atom. The maximum absolute atomic E-state index is 11.8. The van der Waals surface area contributed by atoms with E-state index < -0.39 is 5.97 Å². The van der Waals surface area contributed by atoms with Gasteiger partial charge in [0.2, 0.25) is 0 Å². The minimum atomic E-state index is -0.701. The number of hydrogen-bond donors (Lipinski definition) is 1. The number of carboxylic acid groups (broad SMARTS) is 1. The molecule has 1 aromatic carbocycles. The van der Waals surface area contributed by atoms with Gasteiger partial charge in [0.15, 0.2) is 0 Å². The molecule has 0 bridgehead atoms. The van der Waals surface area contributed by atoms with E-state index in [-0.39, 0.29) is 11.3 Å². The van der Waals surface area contributed by atoms with Crippen LogP contribution in [0, 0.1) is 17.3 Å². The van der Waals surface area contributed by atoms with E-state index in [1.54, 1.807) is 6.20 Å². The van der Waals surface area contributed by atoms with Gasteiger partial charge in [0.05, 0.1) is 29.5 Å². The first-order valence-electron chi connectivity index (χ1n) is 11.3. The van der Waals surface area contributed by atoms with Gasteiger partial charge in [-0.05, 0) is 41.5 Å². The molecule has 1 aliphatic rings. The second-order valence-electron chi connectivity index (χ2n) is 9.91. The van der Waals surface area contributed by atoms with Crippen LogP contribution in [0.3, 0.4) is 0 Å². The third-order valence-electron chi connectivity index (χ3n) is 6.42. The number of carbonyl (C=O) groups is 1. The molecule has 6 nitrogen and oxygen atoms in total. The van der Waals surface area contributed by atoms with E-state index >= 15 is 0 Å². The van der Waals surface area contributed by atoms with Gasteiger partial charge in [-0.2, -0.15) is 5.10 Å². The highest BCUT2D eigenvalue weighted by Crippen LogP contribution is 2.36. The van der Waals surface area contributed by atoms with E-state index in [2.05, 4.69) is 48.9 Å². The molecule has 0 spiro atoms. The van der Waals surface area contributed by atoms with Crippen molar-refractivity contribution in [2.24, 2.45) is 17.3 Å². The van der Waals surface area contributed by atoms with Crippen LogP contribution >= 0.6 is 0 Å². The third-order valence-corrected chi connectivity index (χ3v) is 6.42. The summed E-state index contributed by atoms with van der Waals surface area (Å²) in [6.45, 7) is 9.35. The summed E-state index contributed by atoms with van der Waals surface area (Å²) in [5.74, 6) is -0.707. The fraction of sp³-hybridized carbons (Fsp3) is 0.423. The summed E-state index contributed by atoms with van der Waals surface area (Å²) in [6.07, 6.45) is 2.53. The molecule has 4 rings (SSSR count). The minimum absolute atomic E-state index is 0.0676. The summed E-state index contributed by atoms with van der Waals surface area (Å²) < 4.78 is 2.01. The smallest absolute Gasteiger partial charge is 0.307 e. The Morgan fingerprint density at radius 1 is 1.06 bits per heavy atom. The highest BCUT2D eigenvalue weighted by Gasteiger charge is 2.37. The fourth-order valence-electron chi connectivity index (χ4n) is 4.50. The Morgan fingerprint density at radius 2 is 1.81 bits per heavy atom. The van der Waals surface area contributed by atoms with Crippen molar-refractivity contribution in [1.29, 1.82) is 0 Å². The lowest BCUT2D eigenvalue weighted by Gasteiger charge is -2.42. The normalized spacial score (nSPS) is 19.7. The number of piperidine rings is 1. The van der Waals surface area contributed by atoms with Crippen molar-refractivity contribution < 1.29 is 9.90 Å². The zero-order valence-electron chi connectivity index (χ0n) is 19.1. The van der Waals surface area contributed by atoms with Crippen LogP contribution in [0.15, 0.2) is 60.8 Å². The number of nitrogens with zero attached hydrogens (tertiary/aromatic N) is 4. The van der Waals surface area contributed by atoms with Gasteiger partial charge in [0, 0.05) is 25.8 Å². The lowest BCUT2D eigenvalue weighted by Crippen LogP contribution is -2.46. The Balaban J connectivity index is 1.61. The van der Waals surface area contributed by atoms with Gasteiger partial charge in [-0.25, -0.2) is 0 Å². The fourth-order valence-corrected chi connectivity index (χ4v) is 4.50. The molecule has 2 atom stereocenters. The molecule has 1 aliphatic heterocycles. The lowest BCUT2D eigenvalue weighted by atomic mass is 9.73. The Labute approximate surface area is 189 Å². The molecule has 6 heteroatoms. The number of likely N-dealkylation sites (tertiary alicyclic amines) is 1. The molecule has 1 saturated heterocycles. The zero-order valence-corrected chi connectivity index (χ0v) is 19.1. The first kappa shape index (κ1) is 22.2. The predicted molar refractivity (Wildman–Crippen MR) is 125 cm³/mol. The van der Waals surface area contributed by atoms with Crippen molar-refractivity contribution >= 4 is 5.97 Å². The maximum Gasteiger partial charge on any atom is 0.307 e. The van der Waals surface area contributed by atoms with Gasteiger partial charge in [0.1, 0.15) is 0 Å². The standard InChI is InChI=1S/C26H32N4O2/c1-26(2,3)21-13-20(25(31)32)16-29(17-21)18-22-14-24(23-11-7-8-12-27-23)30(28-22)15-19-9-5-4-6-10-19/h4-12,14,20-21H,13,15-18H2,1-3H3,(H,31,32). The summed E-state index contributed by atoms with van der Waals surface area (Å²) >= 11 is 0. The van der Waals surface area contributed by atoms with Crippen molar-refractivity contribution in [3.05, 3.63) is 72.1 Å². The maximum atomic E-state index is 11.8. The van der Waals surface area contributed by atoms with Crippen molar-refractivity contribution in [3.63, 3.8) is 0 Å². The van der Waals surface area contributed by atoms with E-state index in [0.717, 1.165) is 30.0 Å². The Kier molecular flexibility index (Phi) is 6.42. The molecule has 3 aromatic rings. The number of carboxylic acids is 1. The summed E-state index contributed by atoms with van der Waals surface area (Å²) in [5.41, 5.74) is 4.05. The molecule has 1 N–H and O–H groups in total. The summed E-state index contributed by atoms with van der Waals surface area (Å²) in [4.78, 5) is 18.6. The minimum Gasteiger partial charge on any atom is -0.481 e. The molecule has 168 valence electrons. The number of hydrogen-bond acceptors (Lipinski definition) is 4. The first-order chi connectivity index (χ1) is 15.3. The summed E-state index contributed by atoms with van der Waals surface area (Å²) in [7, 11) is 0. The predicted octanol–water partition coefficient (Wildman–Crippen LogP) is 4.56. The van der Waals surface area contributed by atoms with Crippen LogP contribution in [0.5, 0.6) is 0 Å². The molecule has 3 heterocycles. The van der Waals surface area contributed by atoms with E-state index in [1.165, 1.54) is 5.56 Å². The number of benzene rings is 1. The second kappa shape index (κ2) is 9.25. The molecule has 0 radical (unpaired) electrons. The van der Waals surface area contributed by atoms with Crippen LogP contribution in [0.25, 0.3) is 11.4 Å². The molecular formula is C26H32N4O2. The summed E-state index contributed by atoms with van der Waals surface area (Å²) in [6, 6.07) is 18.3. The van der Waals surface area contributed by atoms with Gasteiger partial charge in [0.25, 0.3) is 0 Å². The van der Waals surface area contributed by atoms with Crippen molar-refractivity contribution in [2.75, 3.05) is 13.1 Å². The third kappa shape index (κ3) is 5.25. The number of aromatic nitrogens is 3. The number of aliphatic carboxylic acids is 1. The second-order valence-corrected chi connectivity index (χ2v) is 9.91. The van der Waals surface area contributed by atoms with Crippen molar-refractivity contribution in [1.82, 2.24) is 19.7 Å². The SMILES string of the molecule is CC(C)(C)C1CC(C(=O)O)CN(Cc2cc(-c3ccccn3)n(Cc3ccccc3)n2)C1. The van der Waals surface area contributed by atoms with Crippen LogP contribution < -0.4 is 0 Å². The van der Waals surface area contributed by atoms with Gasteiger partial charge in [-0.1, -0.05) is 57.2 Å². The van der Waals surface area contributed by atoms with E-state index in [9.17, 15) is 9.90 Å². The lowest BCUT2D eigenvalue weighted by molar-refractivity contribution is -0.145. The molecular weight excluding hydrogens is 400 g/mol. The van der Waals surface area contributed by atoms with Crippen LogP contribution in [-0.4, -0.2) is 43.8 Å². The monoisotopic (exact) mass is 432 g/mol. The molecule has 0 aliphatic carbocycles. The molecule has 2 aromatic heterocycles. The molecule has 32 heavy (non-hydrogen) atoms. The molecule has 0 amide bonds. The molecule has 2 unspecified atom stereocenters. The highest BCUT2D eigenvalue weighted by atomic mass is 16.4. The van der Waals surface area contributed by atoms with Gasteiger partial charge < -0.3 is 5.11 Å². The van der Waals surface area contributed by atoms with Crippen LogP contribution in [0.2, 0.25) is 0 Å². The molecule has 0 saturated carbocycles. The van der Waals surface area contributed by atoms with Gasteiger partial charge in [-0.3, -0.25) is 19.4 Å². The first-order valence-corrected chi connectivity index (χ1v) is 11.3. The number of pyridine rings is 1. The Hall–Kier alpha value is -2.99. The van der Waals surface area contributed by atoms with E-state index in [0.29, 0.717) is 25.6 Å². The van der Waals surface area contributed by atoms with Crippen LogP contribution in [0.4, 0.5) is 0 Å². The number of rotatable bonds is 6. The average Bonchev–Trinajstić information content (AvgIpc) is 3.16. The van der Waals surface area contributed by atoms with Gasteiger partial charge >= 0.3 is 5.97 Å². The zero-order chi connectivity index (χ0) is 22.7.